The number of ether oxygens (including phenoxy) is 4. The number of aliphatic imine (C=N–C) groups is 1. The molecule has 0 saturated carbocycles. The van der Waals surface area contributed by atoms with Crippen molar-refractivity contribution in [3.05, 3.63) is 51.2 Å². The number of allylic oxidation sites excluding steroid dienone is 1. The standard InChI is InChI=1S/C22H26N2O8/c1-12-17(20(25)29-5)19(14-7-6-8-15(9-14)24(27)28)18(13(2)23-12)21(26)30-10-16-11-31-22(3,4)32-16/h6-9,16-17,19H,10-11H2,1-5H3. The van der Waals surface area contributed by atoms with Crippen molar-refractivity contribution < 1.29 is 33.5 Å². The quantitative estimate of drug-likeness (QED) is 0.371. The molecule has 3 rings (SSSR count). The second-order valence-corrected chi connectivity index (χ2v) is 8.13. The molecule has 1 fully saturated rings. The average Bonchev–Trinajstić information content (AvgIpc) is 3.09. The first-order valence-corrected chi connectivity index (χ1v) is 10.1. The van der Waals surface area contributed by atoms with Gasteiger partial charge in [-0.15, -0.1) is 0 Å². The van der Waals surface area contributed by atoms with Crippen molar-refractivity contribution in [1.82, 2.24) is 0 Å². The van der Waals surface area contributed by atoms with E-state index in [0.29, 0.717) is 17.0 Å². The van der Waals surface area contributed by atoms with Gasteiger partial charge in [0.15, 0.2) is 5.79 Å². The molecule has 1 aromatic rings. The summed E-state index contributed by atoms with van der Waals surface area (Å²) in [6.07, 6.45) is -0.434. The van der Waals surface area contributed by atoms with Gasteiger partial charge in [-0.05, 0) is 33.3 Å². The molecule has 0 amide bonds. The van der Waals surface area contributed by atoms with Crippen molar-refractivity contribution in [2.45, 2.75) is 45.5 Å². The number of rotatable bonds is 6. The van der Waals surface area contributed by atoms with Gasteiger partial charge >= 0.3 is 11.9 Å². The summed E-state index contributed by atoms with van der Waals surface area (Å²) in [7, 11) is 1.24. The minimum Gasteiger partial charge on any atom is -0.468 e. The monoisotopic (exact) mass is 446 g/mol. The highest BCUT2D eigenvalue weighted by Crippen LogP contribution is 2.41. The van der Waals surface area contributed by atoms with Crippen LogP contribution in [0.5, 0.6) is 0 Å². The second-order valence-electron chi connectivity index (χ2n) is 8.13. The molecular weight excluding hydrogens is 420 g/mol. The number of nitrogens with zero attached hydrogens (tertiary/aromatic N) is 2. The fraction of sp³-hybridized carbons (Fsp3) is 0.500. The molecule has 3 atom stereocenters. The third-order valence-corrected chi connectivity index (χ3v) is 5.41. The van der Waals surface area contributed by atoms with Crippen molar-refractivity contribution in [3.63, 3.8) is 0 Å². The van der Waals surface area contributed by atoms with Crippen molar-refractivity contribution in [2.75, 3.05) is 20.3 Å². The van der Waals surface area contributed by atoms with Crippen LogP contribution in [0.2, 0.25) is 0 Å². The van der Waals surface area contributed by atoms with Crippen LogP contribution < -0.4 is 0 Å². The number of methoxy groups -OCH3 is 1. The van der Waals surface area contributed by atoms with Crippen LogP contribution in [0.25, 0.3) is 0 Å². The largest absolute Gasteiger partial charge is 0.468 e. The van der Waals surface area contributed by atoms with Gasteiger partial charge in [0.25, 0.3) is 5.69 Å². The molecule has 3 unspecified atom stereocenters. The van der Waals surface area contributed by atoms with Crippen LogP contribution in [-0.2, 0) is 28.5 Å². The molecule has 0 radical (unpaired) electrons. The number of hydrogen-bond donors (Lipinski definition) is 0. The van der Waals surface area contributed by atoms with Crippen molar-refractivity contribution in [3.8, 4) is 0 Å². The minimum atomic E-state index is -0.932. The van der Waals surface area contributed by atoms with Gasteiger partial charge in [-0.2, -0.15) is 0 Å². The first-order valence-electron chi connectivity index (χ1n) is 10.1. The molecule has 0 aromatic heterocycles. The van der Waals surface area contributed by atoms with Crippen molar-refractivity contribution in [2.24, 2.45) is 10.9 Å². The summed E-state index contributed by atoms with van der Waals surface area (Å²) in [5.74, 6) is -3.84. The normalized spacial score (nSPS) is 24.7. The lowest BCUT2D eigenvalue weighted by Gasteiger charge is -2.31. The molecule has 2 heterocycles. The van der Waals surface area contributed by atoms with Gasteiger partial charge in [0.1, 0.15) is 18.6 Å². The molecule has 0 spiro atoms. The Morgan fingerprint density at radius 2 is 2.03 bits per heavy atom. The fourth-order valence-corrected chi connectivity index (χ4v) is 4.02. The number of non-ortho nitro benzene ring substituents is 1. The van der Waals surface area contributed by atoms with Crippen LogP contribution >= 0.6 is 0 Å². The zero-order chi connectivity index (χ0) is 23.6. The Morgan fingerprint density at radius 3 is 2.62 bits per heavy atom. The van der Waals surface area contributed by atoms with E-state index >= 15 is 0 Å². The number of nitro benzene ring substituents is 1. The maximum Gasteiger partial charge on any atom is 0.336 e. The van der Waals surface area contributed by atoms with E-state index in [0.717, 1.165) is 0 Å². The van der Waals surface area contributed by atoms with Crippen molar-refractivity contribution >= 4 is 23.3 Å². The van der Waals surface area contributed by atoms with Crippen LogP contribution in [0.3, 0.4) is 0 Å². The highest BCUT2D eigenvalue weighted by Gasteiger charge is 2.43. The number of carbonyl (C=O) groups excluding carboxylic acids is 2. The minimum absolute atomic E-state index is 0.0493. The number of nitro groups is 1. The first-order chi connectivity index (χ1) is 15.0. The molecule has 2 aliphatic heterocycles. The molecule has 10 heteroatoms. The molecule has 1 saturated heterocycles. The fourth-order valence-electron chi connectivity index (χ4n) is 4.02. The molecule has 172 valence electrons. The van der Waals surface area contributed by atoms with Crippen LogP contribution in [0.1, 0.15) is 39.2 Å². The lowest BCUT2D eigenvalue weighted by atomic mass is 9.75. The maximum absolute atomic E-state index is 13.2. The lowest BCUT2D eigenvalue weighted by Crippen LogP contribution is -2.36. The first kappa shape index (κ1) is 23.6. The summed E-state index contributed by atoms with van der Waals surface area (Å²) in [6, 6.07) is 5.82. The summed E-state index contributed by atoms with van der Waals surface area (Å²) >= 11 is 0. The summed E-state index contributed by atoms with van der Waals surface area (Å²) in [6.45, 7) is 7.04. The Morgan fingerprint density at radius 1 is 1.31 bits per heavy atom. The number of esters is 2. The SMILES string of the molecule is COC(=O)C1C(C)=NC(C)=C(C(=O)OCC2COC(C)(C)O2)C1c1cccc([N+](=O)[O-])c1. The van der Waals surface area contributed by atoms with Gasteiger partial charge < -0.3 is 18.9 Å². The summed E-state index contributed by atoms with van der Waals surface area (Å²) in [5.41, 5.74) is 1.21. The van der Waals surface area contributed by atoms with E-state index in [1.54, 1.807) is 33.8 Å². The highest BCUT2D eigenvalue weighted by atomic mass is 16.7. The molecule has 32 heavy (non-hydrogen) atoms. The predicted octanol–water partition coefficient (Wildman–Crippen LogP) is 2.91. The third kappa shape index (κ3) is 4.86. The topological polar surface area (TPSA) is 127 Å². The highest BCUT2D eigenvalue weighted by molar-refractivity contribution is 6.07. The van der Waals surface area contributed by atoms with E-state index in [1.165, 1.54) is 25.3 Å². The lowest BCUT2D eigenvalue weighted by molar-refractivity contribution is -0.384. The third-order valence-electron chi connectivity index (χ3n) is 5.41. The van der Waals surface area contributed by atoms with E-state index in [-0.39, 0.29) is 24.5 Å². The summed E-state index contributed by atoms with van der Waals surface area (Å²) in [4.78, 5) is 41.0. The number of benzene rings is 1. The van der Waals surface area contributed by atoms with Gasteiger partial charge in [-0.1, -0.05) is 12.1 Å². The zero-order valence-corrected chi connectivity index (χ0v) is 18.6. The molecule has 10 nitrogen and oxygen atoms in total. The van der Waals surface area contributed by atoms with E-state index < -0.39 is 40.6 Å². The molecule has 0 bridgehead atoms. The Kier molecular flexibility index (Phi) is 6.75. The number of hydrogen-bond acceptors (Lipinski definition) is 9. The van der Waals surface area contributed by atoms with Crippen LogP contribution in [0.4, 0.5) is 5.69 Å². The summed E-state index contributed by atoms with van der Waals surface area (Å²) in [5, 5.41) is 11.3. The predicted molar refractivity (Wildman–Crippen MR) is 113 cm³/mol. The van der Waals surface area contributed by atoms with E-state index in [9.17, 15) is 19.7 Å². The Hall–Kier alpha value is -3.11. The van der Waals surface area contributed by atoms with Gasteiger partial charge in [0.05, 0.1) is 24.2 Å². The summed E-state index contributed by atoms with van der Waals surface area (Å²) < 4.78 is 21.6. The maximum atomic E-state index is 13.2. The van der Waals surface area contributed by atoms with E-state index in [1.807, 2.05) is 0 Å². The smallest absolute Gasteiger partial charge is 0.336 e. The van der Waals surface area contributed by atoms with E-state index in [2.05, 4.69) is 4.99 Å². The van der Waals surface area contributed by atoms with Gasteiger partial charge in [0, 0.05) is 29.5 Å². The molecular formula is C22H26N2O8. The van der Waals surface area contributed by atoms with Crippen LogP contribution in [0, 0.1) is 16.0 Å². The molecule has 0 N–H and O–H groups in total. The van der Waals surface area contributed by atoms with Gasteiger partial charge in [-0.25, -0.2) is 4.79 Å². The Bertz CT molecular complexity index is 997. The second kappa shape index (κ2) is 9.17. The van der Waals surface area contributed by atoms with E-state index in [4.69, 9.17) is 18.9 Å². The molecule has 2 aliphatic rings. The molecule has 0 aliphatic carbocycles. The van der Waals surface area contributed by atoms with Gasteiger partial charge in [-0.3, -0.25) is 19.9 Å². The number of carbonyl (C=O) groups is 2. The Balaban J connectivity index is 1.97. The van der Waals surface area contributed by atoms with Gasteiger partial charge in [0.2, 0.25) is 0 Å². The zero-order valence-electron chi connectivity index (χ0n) is 18.6. The Labute approximate surface area is 185 Å². The average molecular weight is 446 g/mol. The van der Waals surface area contributed by atoms with Crippen molar-refractivity contribution in [1.29, 1.82) is 0 Å². The van der Waals surface area contributed by atoms with Crippen LogP contribution in [0.15, 0.2) is 40.5 Å². The molecule has 1 aromatic carbocycles. The van der Waals surface area contributed by atoms with Crippen LogP contribution in [-0.4, -0.2) is 54.8 Å².